The lowest BCUT2D eigenvalue weighted by Gasteiger charge is -2.37. The largest absolute Gasteiger partial charge is 0.399 e. The standard InChI is InChI=1S/C31H35ClN4O3S/c1-22-20-28(14-15-30(22)33)40(38,39)34-31(37)24-8-12-27(13-9-24)36-18-16-35(17-19-36)21-25-4-2-3-5-29(25)23-6-10-26(32)11-7-23/h6-15,20H,2-5,16-19,21,33H2,1H3,(H,34,37). The number of rotatable bonds is 7. The van der Waals surface area contributed by atoms with Gasteiger partial charge < -0.3 is 10.6 Å². The average molecular weight is 579 g/mol. The molecular weight excluding hydrogens is 544 g/mol. The van der Waals surface area contributed by atoms with Gasteiger partial charge in [-0.05, 0) is 104 Å². The molecule has 1 amide bonds. The lowest BCUT2D eigenvalue weighted by molar-refractivity contribution is 0.0981. The number of piperazine rings is 1. The normalized spacial score (nSPS) is 16.7. The van der Waals surface area contributed by atoms with E-state index in [1.54, 1.807) is 24.6 Å². The Kier molecular flexibility index (Phi) is 8.49. The van der Waals surface area contributed by atoms with Crippen LogP contribution < -0.4 is 15.4 Å². The second kappa shape index (κ2) is 12.0. The molecule has 3 aromatic rings. The van der Waals surface area contributed by atoms with Crippen LogP contribution in [-0.2, 0) is 10.0 Å². The molecule has 3 N–H and O–H groups in total. The highest BCUT2D eigenvalue weighted by Gasteiger charge is 2.23. The minimum Gasteiger partial charge on any atom is -0.399 e. The van der Waals surface area contributed by atoms with Crippen LogP contribution in [0.25, 0.3) is 5.57 Å². The van der Waals surface area contributed by atoms with Gasteiger partial charge in [0.25, 0.3) is 15.9 Å². The van der Waals surface area contributed by atoms with Gasteiger partial charge in [-0.1, -0.05) is 29.3 Å². The SMILES string of the molecule is Cc1cc(S(=O)(=O)NC(=O)c2ccc(N3CCN(CC4=C(c5ccc(Cl)cc5)CCCC4)CC3)cc2)ccc1N. The summed E-state index contributed by atoms with van der Waals surface area (Å²) in [4.78, 5) is 17.5. The molecule has 3 aromatic carbocycles. The first-order valence-corrected chi connectivity index (χ1v) is 15.5. The third kappa shape index (κ3) is 6.52. The summed E-state index contributed by atoms with van der Waals surface area (Å²) in [6.45, 7) is 6.41. The van der Waals surface area contributed by atoms with Gasteiger partial charge >= 0.3 is 0 Å². The Morgan fingerprint density at radius 2 is 1.60 bits per heavy atom. The molecular formula is C31H35ClN4O3S. The zero-order valence-corrected chi connectivity index (χ0v) is 24.3. The molecule has 0 spiro atoms. The molecule has 0 saturated carbocycles. The second-order valence-corrected chi connectivity index (χ2v) is 12.7. The molecule has 0 radical (unpaired) electrons. The van der Waals surface area contributed by atoms with Crippen LogP contribution in [-0.4, -0.2) is 51.9 Å². The Balaban J connectivity index is 1.18. The van der Waals surface area contributed by atoms with Crippen molar-refractivity contribution >= 4 is 44.5 Å². The number of nitrogen functional groups attached to an aromatic ring is 1. The number of benzene rings is 3. The first-order valence-electron chi connectivity index (χ1n) is 13.7. The summed E-state index contributed by atoms with van der Waals surface area (Å²) in [6, 6.07) is 19.7. The van der Waals surface area contributed by atoms with Crippen LogP contribution in [0.5, 0.6) is 0 Å². The maximum absolute atomic E-state index is 12.7. The van der Waals surface area contributed by atoms with Crippen molar-refractivity contribution < 1.29 is 13.2 Å². The minimum absolute atomic E-state index is 0.00585. The van der Waals surface area contributed by atoms with E-state index in [1.807, 2.05) is 24.3 Å². The van der Waals surface area contributed by atoms with E-state index in [4.69, 9.17) is 17.3 Å². The van der Waals surface area contributed by atoms with E-state index >= 15 is 0 Å². The molecule has 1 aliphatic carbocycles. The highest BCUT2D eigenvalue weighted by molar-refractivity contribution is 7.90. The molecule has 0 aromatic heterocycles. The van der Waals surface area contributed by atoms with Crippen molar-refractivity contribution in [3.05, 3.63) is 94.0 Å². The molecule has 1 aliphatic heterocycles. The van der Waals surface area contributed by atoms with Crippen LogP contribution >= 0.6 is 11.6 Å². The first kappa shape index (κ1) is 28.2. The van der Waals surface area contributed by atoms with Crippen LogP contribution in [0, 0.1) is 6.92 Å². The highest BCUT2D eigenvalue weighted by Crippen LogP contribution is 2.33. The number of hydrogen-bond acceptors (Lipinski definition) is 6. The summed E-state index contributed by atoms with van der Waals surface area (Å²) in [5.74, 6) is -0.664. The number of anilines is 2. The van der Waals surface area contributed by atoms with Crippen LogP contribution in [0.2, 0.25) is 5.02 Å². The molecule has 1 heterocycles. The van der Waals surface area contributed by atoms with Gasteiger partial charge in [0.05, 0.1) is 4.90 Å². The van der Waals surface area contributed by atoms with E-state index in [0.29, 0.717) is 11.3 Å². The van der Waals surface area contributed by atoms with Gasteiger partial charge in [0.2, 0.25) is 0 Å². The Bertz CT molecular complexity index is 1510. The maximum atomic E-state index is 12.7. The maximum Gasteiger partial charge on any atom is 0.264 e. The van der Waals surface area contributed by atoms with Crippen molar-refractivity contribution in [1.29, 1.82) is 0 Å². The third-order valence-electron chi connectivity index (χ3n) is 7.83. The lowest BCUT2D eigenvalue weighted by Crippen LogP contribution is -2.47. The van der Waals surface area contributed by atoms with Gasteiger partial charge in [0.1, 0.15) is 0 Å². The predicted octanol–water partition coefficient (Wildman–Crippen LogP) is 5.50. The van der Waals surface area contributed by atoms with Crippen molar-refractivity contribution in [3.63, 3.8) is 0 Å². The van der Waals surface area contributed by atoms with E-state index in [-0.39, 0.29) is 10.5 Å². The van der Waals surface area contributed by atoms with E-state index in [9.17, 15) is 13.2 Å². The zero-order chi connectivity index (χ0) is 28.3. The molecule has 0 bridgehead atoms. The van der Waals surface area contributed by atoms with Gasteiger partial charge in [0, 0.05) is 54.7 Å². The van der Waals surface area contributed by atoms with Crippen LogP contribution in [0.4, 0.5) is 11.4 Å². The van der Waals surface area contributed by atoms with Gasteiger partial charge in [0.15, 0.2) is 0 Å². The van der Waals surface area contributed by atoms with E-state index in [1.165, 1.54) is 42.2 Å². The van der Waals surface area contributed by atoms with Gasteiger partial charge in [-0.15, -0.1) is 0 Å². The number of sulfonamides is 1. The summed E-state index contributed by atoms with van der Waals surface area (Å²) in [5.41, 5.74) is 12.5. The molecule has 1 fully saturated rings. The molecule has 1 saturated heterocycles. The number of carbonyl (C=O) groups is 1. The quantitative estimate of drug-likeness (QED) is 0.360. The van der Waals surface area contributed by atoms with Crippen LogP contribution in [0.1, 0.15) is 47.2 Å². The number of nitrogens with two attached hydrogens (primary N) is 1. The van der Waals surface area contributed by atoms with E-state index in [2.05, 4.69) is 26.7 Å². The number of amides is 1. The summed E-state index contributed by atoms with van der Waals surface area (Å²) in [7, 11) is -4.00. The average Bonchev–Trinajstić information content (AvgIpc) is 2.95. The van der Waals surface area contributed by atoms with E-state index < -0.39 is 15.9 Å². The molecule has 0 atom stereocenters. The Morgan fingerprint density at radius 3 is 2.27 bits per heavy atom. The fourth-order valence-electron chi connectivity index (χ4n) is 5.45. The Labute approximate surface area is 241 Å². The third-order valence-corrected chi connectivity index (χ3v) is 9.42. The van der Waals surface area contributed by atoms with Crippen molar-refractivity contribution in [2.45, 2.75) is 37.5 Å². The monoisotopic (exact) mass is 578 g/mol. The highest BCUT2D eigenvalue weighted by atomic mass is 35.5. The molecule has 210 valence electrons. The fraction of sp³-hybridized carbons (Fsp3) is 0.323. The van der Waals surface area contributed by atoms with Gasteiger partial charge in [-0.3, -0.25) is 9.69 Å². The number of nitrogens with one attached hydrogen (secondary N) is 1. The van der Waals surface area contributed by atoms with Crippen molar-refractivity contribution in [1.82, 2.24) is 9.62 Å². The van der Waals surface area contributed by atoms with Crippen LogP contribution in [0.15, 0.2) is 77.2 Å². The summed E-state index contributed by atoms with van der Waals surface area (Å²) < 4.78 is 27.5. The van der Waals surface area contributed by atoms with Crippen molar-refractivity contribution in [2.24, 2.45) is 0 Å². The van der Waals surface area contributed by atoms with Crippen molar-refractivity contribution in [3.8, 4) is 0 Å². The lowest BCUT2D eigenvalue weighted by atomic mass is 9.87. The smallest absolute Gasteiger partial charge is 0.264 e. The number of nitrogens with zero attached hydrogens (tertiary/aromatic N) is 2. The summed E-state index contributed by atoms with van der Waals surface area (Å²) >= 11 is 6.11. The Hall–Kier alpha value is -3.33. The fourth-order valence-corrected chi connectivity index (χ4v) is 6.64. The number of carbonyl (C=O) groups excluding carboxylic acids is 1. The predicted molar refractivity (Wildman–Crippen MR) is 162 cm³/mol. The molecule has 5 rings (SSSR count). The Morgan fingerprint density at radius 1 is 0.925 bits per heavy atom. The summed E-state index contributed by atoms with van der Waals surface area (Å²) in [6.07, 6.45) is 4.75. The molecule has 7 nitrogen and oxygen atoms in total. The van der Waals surface area contributed by atoms with E-state index in [0.717, 1.165) is 56.3 Å². The molecule has 2 aliphatic rings. The number of halogens is 1. The zero-order valence-electron chi connectivity index (χ0n) is 22.7. The number of hydrogen-bond donors (Lipinski definition) is 2. The van der Waals surface area contributed by atoms with Gasteiger partial charge in [-0.25, -0.2) is 13.1 Å². The van der Waals surface area contributed by atoms with Crippen molar-refractivity contribution in [2.75, 3.05) is 43.4 Å². The second-order valence-electron chi connectivity index (χ2n) is 10.6. The van der Waals surface area contributed by atoms with Crippen LogP contribution in [0.3, 0.4) is 0 Å². The number of allylic oxidation sites excluding steroid dienone is 1. The minimum atomic E-state index is -4.00. The molecule has 0 unspecified atom stereocenters. The molecule has 9 heteroatoms. The van der Waals surface area contributed by atoms with Gasteiger partial charge in [-0.2, -0.15) is 0 Å². The molecule has 40 heavy (non-hydrogen) atoms. The summed E-state index contributed by atoms with van der Waals surface area (Å²) in [5, 5.41) is 0.768. The number of aryl methyl sites for hydroxylation is 1. The topological polar surface area (TPSA) is 95.7 Å². The first-order chi connectivity index (χ1) is 19.2.